The summed E-state index contributed by atoms with van der Waals surface area (Å²) in [5.41, 5.74) is -0.527. The minimum atomic E-state index is -0.527. The van der Waals surface area contributed by atoms with Gasteiger partial charge >= 0.3 is 0 Å². The van der Waals surface area contributed by atoms with Gasteiger partial charge in [-0.25, -0.2) is 0 Å². The van der Waals surface area contributed by atoms with Gasteiger partial charge in [-0.2, -0.15) is 0 Å². The molecule has 72 valence electrons. The first-order valence-electron chi connectivity index (χ1n) is 4.46. The van der Waals surface area contributed by atoms with Crippen LogP contribution in [0.2, 0.25) is 0 Å². The summed E-state index contributed by atoms with van der Waals surface area (Å²) in [6, 6.07) is 0. The number of hydrogen-bond acceptors (Lipinski definition) is 2. The van der Waals surface area contributed by atoms with Crippen LogP contribution in [0.15, 0.2) is 0 Å². The Bertz CT molecular complexity index is 143. The van der Waals surface area contributed by atoms with E-state index in [1.54, 1.807) is 0 Å². The number of carbonyl (C=O) groups is 1. The number of amides is 1. The molecule has 0 rings (SSSR count). The third-order valence-electron chi connectivity index (χ3n) is 1.42. The van der Waals surface area contributed by atoms with Gasteiger partial charge in [-0.15, -0.1) is 0 Å². The zero-order valence-electron chi connectivity index (χ0n) is 8.44. The molecule has 0 aromatic rings. The van der Waals surface area contributed by atoms with Crippen molar-refractivity contribution in [3.8, 4) is 0 Å². The van der Waals surface area contributed by atoms with Gasteiger partial charge < -0.3 is 10.1 Å². The molecule has 0 fully saturated rings. The molecule has 1 amide bonds. The van der Waals surface area contributed by atoms with Gasteiger partial charge in [-0.1, -0.05) is 6.92 Å². The molecule has 0 heterocycles. The SMILES string of the molecule is CCCC(=O)NC(C)(C)OCC. The van der Waals surface area contributed by atoms with Crippen LogP contribution in [-0.2, 0) is 9.53 Å². The molecule has 0 unspecified atom stereocenters. The second kappa shape index (κ2) is 5.14. The number of hydrogen-bond donors (Lipinski definition) is 1. The van der Waals surface area contributed by atoms with Crippen molar-refractivity contribution < 1.29 is 9.53 Å². The summed E-state index contributed by atoms with van der Waals surface area (Å²) < 4.78 is 5.31. The fraction of sp³-hybridized carbons (Fsp3) is 0.889. The highest BCUT2D eigenvalue weighted by molar-refractivity contribution is 5.76. The fourth-order valence-electron chi connectivity index (χ4n) is 1.02. The molecule has 0 aromatic carbocycles. The van der Waals surface area contributed by atoms with Crippen molar-refractivity contribution >= 4 is 5.91 Å². The molecule has 12 heavy (non-hydrogen) atoms. The summed E-state index contributed by atoms with van der Waals surface area (Å²) in [4.78, 5) is 11.1. The van der Waals surface area contributed by atoms with Gasteiger partial charge in [0.25, 0.3) is 0 Å². The van der Waals surface area contributed by atoms with Gasteiger partial charge in [0.1, 0.15) is 5.72 Å². The molecule has 0 saturated carbocycles. The van der Waals surface area contributed by atoms with E-state index in [9.17, 15) is 4.79 Å². The Morgan fingerprint density at radius 1 is 1.42 bits per heavy atom. The molecular formula is C9H19NO2. The fourth-order valence-corrected chi connectivity index (χ4v) is 1.02. The van der Waals surface area contributed by atoms with Crippen molar-refractivity contribution in [2.24, 2.45) is 0 Å². The zero-order valence-corrected chi connectivity index (χ0v) is 8.44. The first-order valence-corrected chi connectivity index (χ1v) is 4.46. The van der Waals surface area contributed by atoms with Crippen LogP contribution in [0.1, 0.15) is 40.5 Å². The van der Waals surface area contributed by atoms with Crippen molar-refractivity contribution in [3.63, 3.8) is 0 Å². The monoisotopic (exact) mass is 173 g/mol. The predicted molar refractivity (Wildman–Crippen MR) is 48.8 cm³/mol. The second-order valence-electron chi connectivity index (χ2n) is 3.24. The molecule has 0 aliphatic heterocycles. The third kappa shape index (κ3) is 5.13. The average molecular weight is 173 g/mol. The third-order valence-corrected chi connectivity index (χ3v) is 1.42. The topological polar surface area (TPSA) is 38.3 Å². The van der Waals surface area contributed by atoms with Gasteiger partial charge in [0.2, 0.25) is 5.91 Å². The summed E-state index contributed by atoms with van der Waals surface area (Å²) in [7, 11) is 0. The van der Waals surface area contributed by atoms with E-state index in [1.165, 1.54) is 0 Å². The van der Waals surface area contributed by atoms with Crippen LogP contribution in [0.4, 0.5) is 0 Å². The zero-order chi connectivity index (χ0) is 9.61. The normalized spacial score (nSPS) is 11.3. The maximum absolute atomic E-state index is 11.1. The molecule has 0 atom stereocenters. The molecule has 0 radical (unpaired) electrons. The van der Waals surface area contributed by atoms with Crippen LogP contribution in [0.3, 0.4) is 0 Å². The van der Waals surface area contributed by atoms with Gasteiger partial charge in [0.15, 0.2) is 0 Å². The summed E-state index contributed by atoms with van der Waals surface area (Å²) in [6.45, 7) is 8.20. The standard InChI is InChI=1S/C9H19NO2/c1-5-7-8(11)10-9(3,4)12-6-2/h5-7H2,1-4H3,(H,10,11). The minimum absolute atomic E-state index is 0.0518. The Hall–Kier alpha value is -0.570. The largest absolute Gasteiger partial charge is 0.357 e. The Labute approximate surface area is 74.5 Å². The lowest BCUT2D eigenvalue weighted by Crippen LogP contribution is -2.45. The van der Waals surface area contributed by atoms with E-state index in [1.807, 2.05) is 27.7 Å². The molecule has 3 nitrogen and oxygen atoms in total. The van der Waals surface area contributed by atoms with Crippen LogP contribution in [-0.4, -0.2) is 18.2 Å². The minimum Gasteiger partial charge on any atom is -0.357 e. The highest BCUT2D eigenvalue weighted by Crippen LogP contribution is 2.04. The van der Waals surface area contributed by atoms with Crippen LogP contribution < -0.4 is 5.32 Å². The van der Waals surface area contributed by atoms with Crippen LogP contribution in [0, 0.1) is 0 Å². The number of ether oxygens (including phenoxy) is 1. The lowest BCUT2D eigenvalue weighted by atomic mass is 10.2. The Kier molecular flexibility index (Phi) is 4.90. The molecule has 3 heteroatoms. The molecular weight excluding hydrogens is 154 g/mol. The Morgan fingerprint density at radius 2 is 2.00 bits per heavy atom. The van der Waals surface area contributed by atoms with E-state index in [0.717, 1.165) is 6.42 Å². The predicted octanol–water partition coefficient (Wildman–Crippen LogP) is 1.68. The van der Waals surface area contributed by atoms with Crippen LogP contribution in [0.25, 0.3) is 0 Å². The lowest BCUT2D eigenvalue weighted by molar-refractivity contribution is -0.130. The van der Waals surface area contributed by atoms with E-state index in [0.29, 0.717) is 13.0 Å². The molecule has 0 aliphatic rings. The number of rotatable bonds is 5. The van der Waals surface area contributed by atoms with Crippen LogP contribution in [0.5, 0.6) is 0 Å². The van der Waals surface area contributed by atoms with Gasteiger partial charge in [-0.3, -0.25) is 4.79 Å². The van der Waals surface area contributed by atoms with Crippen molar-refractivity contribution in [1.29, 1.82) is 0 Å². The van der Waals surface area contributed by atoms with Crippen LogP contribution >= 0.6 is 0 Å². The number of nitrogens with one attached hydrogen (secondary N) is 1. The second-order valence-corrected chi connectivity index (χ2v) is 3.24. The van der Waals surface area contributed by atoms with Crippen molar-refractivity contribution in [2.45, 2.75) is 46.3 Å². The highest BCUT2D eigenvalue weighted by Gasteiger charge is 2.18. The molecule has 0 saturated heterocycles. The van der Waals surface area contributed by atoms with Crippen molar-refractivity contribution in [2.75, 3.05) is 6.61 Å². The summed E-state index contributed by atoms with van der Waals surface area (Å²) in [5, 5.41) is 2.80. The van der Waals surface area contributed by atoms with E-state index in [4.69, 9.17) is 4.74 Å². The molecule has 0 aliphatic carbocycles. The quantitative estimate of drug-likeness (QED) is 0.642. The highest BCUT2D eigenvalue weighted by atomic mass is 16.5. The van der Waals surface area contributed by atoms with Gasteiger partial charge in [0, 0.05) is 13.0 Å². The molecule has 1 N–H and O–H groups in total. The van der Waals surface area contributed by atoms with E-state index >= 15 is 0 Å². The van der Waals surface area contributed by atoms with Crippen molar-refractivity contribution in [1.82, 2.24) is 5.32 Å². The van der Waals surface area contributed by atoms with Gasteiger partial charge in [-0.05, 0) is 27.2 Å². The van der Waals surface area contributed by atoms with E-state index < -0.39 is 5.72 Å². The first kappa shape index (κ1) is 11.4. The Balaban J connectivity index is 3.79. The van der Waals surface area contributed by atoms with E-state index in [-0.39, 0.29) is 5.91 Å². The summed E-state index contributed by atoms with van der Waals surface area (Å²) in [6.07, 6.45) is 1.44. The molecule has 0 bridgehead atoms. The first-order chi connectivity index (χ1) is 5.52. The Morgan fingerprint density at radius 3 is 2.42 bits per heavy atom. The maximum atomic E-state index is 11.1. The average Bonchev–Trinajstić information content (AvgIpc) is 1.85. The summed E-state index contributed by atoms with van der Waals surface area (Å²) in [5.74, 6) is 0.0518. The van der Waals surface area contributed by atoms with E-state index in [2.05, 4.69) is 5.32 Å². The van der Waals surface area contributed by atoms with Crippen molar-refractivity contribution in [3.05, 3.63) is 0 Å². The maximum Gasteiger partial charge on any atom is 0.222 e. The molecule has 0 aromatic heterocycles. The smallest absolute Gasteiger partial charge is 0.222 e. The van der Waals surface area contributed by atoms with Gasteiger partial charge in [0.05, 0.1) is 0 Å². The lowest BCUT2D eigenvalue weighted by Gasteiger charge is -2.25. The summed E-state index contributed by atoms with van der Waals surface area (Å²) >= 11 is 0. The molecule has 0 spiro atoms. The number of carbonyl (C=O) groups excluding carboxylic acids is 1.